The lowest BCUT2D eigenvalue weighted by Crippen LogP contribution is -2.11. The van der Waals surface area contributed by atoms with Gasteiger partial charge in [0.1, 0.15) is 11.5 Å². The third kappa shape index (κ3) is 5.15. The van der Waals surface area contributed by atoms with E-state index < -0.39 is 7.75 Å². The Morgan fingerprint density at radius 1 is 0.778 bits per heavy atom. The Kier molecular flexibility index (Phi) is 5.88. The summed E-state index contributed by atoms with van der Waals surface area (Å²) in [6, 6.07) is 22.5. The van der Waals surface area contributed by atoms with E-state index in [1.54, 1.807) is 24.3 Å². The van der Waals surface area contributed by atoms with Crippen molar-refractivity contribution in [3.63, 3.8) is 0 Å². The average Bonchev–Trinajstić information content (AvgIpc) is 2.66. The second kappa shape index (κ2) is 8.32. The lowest BCUT2D eigenvalue weighted by molar-refractivity contribution is 0.392. The van der Waals surface area contributed by atoms with Crippen LogP contribution >= 0.6 is 7.75 Å². The molecule has 0 unspecified atom stereocenters. The van der Waals surface area contributed by atoms with Gasteiger partial charge in [-0.2, -0.15) is 0 Å². The lowest BCUT2D eigenvalue weighted by Gasteiger charge is -2.22. The number of anilines is 1. The van der Waals surface area contributed by atoms with Crippen LogP contribution in [0.25, 0.3) is 0 Å². The fourth-order valence-corrected chi connectivity index (χ4v) is 4.07. The zero-order chi connectivity index (χ0) is 19.3. The Bertz CT molecular complexity index is 885. The van der Waals surface area contributed by atoms with Crippen molar-refractivity contribution in [2.45, 2.75) is 27.2 Å². The monoisotopic (exact) mass is 381 g/mol. The molecule has 3 rings (SSSR count). The molecule has 3 aromatic carbocycles. The van der Waals surface area contributed by atoms with Crippen LogP contribution < -0.4 is 14.1 Å². The van der Waals surface area contributed by atoms with Crippen LogP contribution in [0.1, 0.15) is 23.6 Å². The minimum Gasteiger partial charge on any atom is -0.400 e. The molecule has 0 fully saturated rings. The van der Waals surface area contributed by atoms with E-state index in [4.69, 9.17) is 9.05 Å². The molecule has 0 aliphatic rings. The van der Waals surface area contributed by atoms with E-state index in [1.165, 1.54) is 0 Å². The molecule has 140 valence electrons. The number of hydrogen-bond donors (Lipinski definition) is 1. The Morgan fingerprint density at radius 2 is 1.26 bits per heavy atom. The van der Waals surface area contributed by atoms with Crippen LogP contribution in [0.2, 0.25) is 0 Å². The van der Waals surface area contributed by atoms with E-state index in [1.807, 2.05) is 69.3 Å². The van der Waals surface area contributed by atoms with Crippen molar-refractivity contribution >= 4 is 13.4 Å². The van der Waals surface area contributed by atoms with Gasteiger partial charge < -0.3 is 9.05 Å². The largest absolute Gasteiger partial charge is 0.541 e. The second-order valence-electron chi connectivity index (χ2n) is 6.43. The molecule has 3 aromatic rings. The highest BCUT2D eigenvalue weighted by atomic mass is 31.2. The standard InChI is InChI=1S/C22H24NO3P/c1-4-19-7-5-6-8-22(19)23-27(24,25-20-13-9-17(2)10-14-20)26-21-15-11-18(3)12-16-21/h5-16H,4H2,1-3H3,(H,23,24). The molecule has 27 heavy (non-hydrogen) atoms. The Morgan fingerprint density at radius 3 is 1.74 bits per heavy atom. The van der Waals surface area contributed by atoms with Crippen molar-refractivity contribution < 1.29 is 13.6 Å². The number of rotatable bonds is 7. The van der Waals surface area contributed by atoms with Crippen LogP contribution in [0.15, 0.2) is 72.8 Å². The molecule has 0 saturated heterocycles. The molecular formula is C22H24NO3P. The van der Waals surface area contributed by atoms with Crippen molar-refractivity contribution in [1.29, 1.82) is 0 Å². The van der Waals surface area contributed by atoms with E-state index in [-0.39, 0.29) is 0 Å². The molecule has 0 heterocycles. The van der Waals surface area contributed by atoms with Crippen LogP contribution in [0.3, 0.4) is 0 Å². The molecule has 0 atom stereocenters. The van der Waals surface area contributed by atoms with Gasteiger partial charge in [0.05, 0.1) is 0 Å². The normalized spacial score (nSPS) is 11.1. The molecule has 0 amide bonds. The zero-order valence-electron chi connectivity index (χ0n) is 15.8. The van der Waals surface area contributed by atoms with E-state index >= 15 is 0 Å². The minimum absolute atomic E-state index is 0.484. The highest BCUT2D eigenvalue weighted by molar-refractivity contribution is 7.56. The maximum Gasteiger partial charge on any atom is 0.541 e. The lowest BCUT2D eigenvalue weighted by atomic mass is 10.1. The summed E-state index contributed by atoms with van der Waals surface area (Å²) in [6.45, 7) is 6.02. The molecule has 0 aromatic heterocycles. The summed E-state index contributed by atoms with van der Waals surface area (Å²) >= 11 is 0. The third-order valence-corrected chi connectivity index (χ3v) is 5.57. The molecule has 1 N–H and O–H groups in total. The van der Waals surface area contributed by atoms with Gasteiger partial charge in [-0.3, -0.25) is 5.09 Å². The molecular weight excluding hydrogens is 357 g/mol. The molecule has 0 bridgehead atoms. The van der Waals surface area contributed by atoms with E-state index in [0.717, 1.165) is 28.8 Å². The Labute approximate surface area is 160 Å². The first kappa shape index (κ1) is 19.1. The maximum absolute atomic E-state index is 13.6. The molecule has 0 aliphatic heterocycles. The summed E-state index contributed by atoms with van der Waals surface area (Å²) in [6.07, 6.45) is 0.804. The summed E-state index contributed by atoms with van der Waals surface area (Å²) in [5, 5.41) is 3.01. The van der Waals surface area contributed by atoms with E-state index in [9.17, 15) is 4.57 Å². The number of nitrogens with one attached hydrogen (secondary N) is 1. The van der Waals surface area contributed by atoms with Crippen molar-refractivity contribution in [2.75, 3.05) is 5.09 Å². The predicted octanol–water partition coefficient (Wildman–Crippen LogP) is 6.54. The van der Waals surface area contributed by atoms with Crippen LogP contribution in [0.5, 0.6) is 11.5 Å². The van der Waals surface area contributed by atoms with Gasteiger partial charge in [-0.25, -0.2) is 4.57 Å². The van der Waals surface area contributed by atoms with Crippen molar-refractivity contribution in [3.8, 4) is 11.5 Å². The van der Waals surface area contributed by atoms with Crippen LogP contribution in [-0.4, -0.2) is 0 Å². The Balaban J connectivity index is 1.92. The zero-order valence-corrected chi connectivity index (χ0v) is 16.7. The SMILES string of the molecule is CCc1ccccc1NP(=O)(Oc1ccc(C)cc1)Oc1ccc(C)cc1. The summed E-state index contributed by atoms with van der Waals surface area (Å²) in [5.41, 5.74) is 3.97. The first-order valence-electron chi connectivity index (χ1n) is 8.96. The van der Waals surface area contributed by atoms with Crippen LogP contribution in [-0.2, 0) is 11.0 Å². The fourth-order valence-electron chi connectivity index (χ4n) is 2.63. The highest BCUT2D eigenvalue weighted by Crippen LogP contribution is 2.49. The van der Waals surface area contributed by atoms with Crippen LogP contribution in [0, 0.1) is 13.8 Å². The molecule has 4 nitrogen and oxygen atoms in total. The second-order valence-corrected chi connectivity index (χ2v) is 8.01. The summed E-state index contributed by atoms with van der Waals surface area (Å²) < 4.78 is 25.2. The van der Waals surface area contributed by atoms with Gasteiger partial charge in [0.25, 0.3) is 0 Å². The fraction of sp³-hybridized carbons (Fsp3) is 0.182. The van der Waals surface area contributed by atoms with Gasteiger partial charge >= 0.3 is 7.75 Å². The summed E-state index contributed by atoms with van der Waals surface area (Å²) in [4.78, 5) is 0. The molecule has 0 spiro atoms. The topological polar surface area (TPSA) is 47.6 Å². The maximum atomic E-state index is 13.6. The summed E-state index contributed by atoms with van der Waals surface area (Å²) in [5.74, 6) is 0.968. The van der Waals surface area contributed by atoms with Crippen molar-refractivity contribution in [1.82, 2.24) is 0 Å². The molecule has 5 heteroatoms. The first-order valence-corrected chi connectivity index (χ1v) is 10.5. The number of hydrogen-bond acceptors (Lipinski definition) is 3. The van der Waals surface area contributed by atoms with Gasteiger partial charge in [0.2, 0.25) is 0 Å². The highest BCUT2D eigenvalue weighted by Gasteiger charge is 2.29. The minimum atomic E-state index is -3.71. The number of benzene rings is 3. The molecule has 0 saturated carbocycles. The van der Waals surface area contributed by atoms with Gasteiger partial charge in [-0.1, -0.05) is 60.5 Å². The average molecular weight is 381 g/mol. The van der Waals surface area contributed by atoms with Gasteiger partial charge in [-0.05, 0) is 56.2 Å². The quantitative estimate of drug-likeness (QED) is 0.472. The van der Waals surface area contributed by atoms with E-state index in [2.05, 4.69) is 5.09 Å². The third-order valence-electron chi connectivity index (χ3n) is 4.15. The van der Waals surface area contributed by atoms with E-state index in [0.29, 0.717) is 11.5 Å². The predicted molar refractivity (Wildman–Crippen MR) is 111 cm³/mol. The molecule has 0 aliphatic carbocycles. The first-order chi connectivity index (χ1) is 13.0. The van der Waals surface area contributed by atoms with Crippen molar-refractivity contribution in [2.24, 2.45) is 0 Å². The van der Waals surface area contributed by atoms with Crippen molar-refractivity contribution in [3.05, 3.63) is 89.5 Å². The number of para-hydroxylation sites is 1. The van der Waals surface area contributed by atoms with Gasteiger partial charge in [0, 0.05) is 5.69 Å². The summed E-state index contributed by atoms with van der Waals surface area (Å²) in [7, 11) is -3.71. The van der Waals surface area contributed by atoms with Gasteiger partial charge in [-0.15, -0.1) is 0 Å². The van der Waals surface area contributed by atoms with Gasteiger partial charge in [0.15, 0.2) is 0 Å². The Hall–Kier alpha value is -2.71. The smallest absolute Gasteiger partial charge is 0.400 e. The molecule has 0 radical (unpaired) electrons. The van der Waals surface area contributed by atoms with Crippen LogP contribution in [0.4, 0.5) is 5.69 Å². The number of aryl methyl sites for hydroxylation is 3.